The molecule has 1 N–H and O–H groups in total. The maximum atomic E-state index is 13.6. The van der Waals surface area contributed by atoms with E-state index in [0.29, 0.717) is 12.3 Å². The third kappa shape index (κ3) is 5.87. The lowest BCUT2D eigenvalue weighted by Gasteiger charge is -2.23. The first-order chi connectivity index (χ1) is 15.4. The first kappa shape index (κ1) is 23.3. The van der Waals surface area contributed by atoms with Gasteiger partial charge in [0.05, 0.1) is 20.8 Å². The Balaban J connectivity index is 1.87. The fourth-order valence-corrected chi connectivity index (χ4v) is 4.67. The summed E-state index contributed by atoms with van der Waals surface area (Å²) in [7, 11) is -1.17. The van der Waals surface area contributed by atoms with Crippen LogP contribution in [0.5, 0.6) is 11.5 Å². The van der Waals surface area contributed by atoms with E-state index in [1.807, 2.05) is 60.7 Å². The monoisotopic (exact) mass is 454 g/mol. The summed E-state index contributed by atoms with van der Waals surface area (Å²) >= 11 is 0. The van der Waals surface area contributed by atoms with Gasteiger partial charge >= 0.3 is 0 Å². The van der Waals surface area contributed by atoms with E-state index in [-0.39, 0.29) is 23.7 Å². The fourth-order valence-electron chi connectivity index (χ4n) is 3.15. The van der Waals surface area contributed by atoms with Crippen LogP contribution in [0.1, 0.15) is 11.1 Å². The molecule has 8 heteroatoms. The van der Waals surface area contributed by atoms with E-state index >= 15 is 0 Å². The third-order valence-corrected chi connectivity index (χ3v) is 6.67. The smallest absolute Gasteiger partial charge is 0.247 e. The van der Waals surface area contributed by atoms with Crippen LogP contribution >= 0.6 is 0 Å². The molecule has 3 aromatic rings. The highest BCUT2D eigenvalue weighted by molar-refractivity contribution is 7.89. The molecule has 0 aliphatic carbocycles. The Morgan fingerprint density at radius 2 is 1.50 bits per heavy atom. The van der Waals surface area contributed by atoms with Gasteiger partial charge in [-0.3, -0.25) is 4.79 Å². The lowest BCUT2D eigenvalue weighted by atomic mass is 10.2. The molecule has 0 fully saturated rings. The second-order valence-electron chi connectivity index (χ2n) is 7.04. The molecule has 0 saturated carbocycles. The van der Waals surface area contributed by atoms with Gasteiger partial charge in [0.25, 0.3) is 0 Å². The molecular formula is C24H26N2O5S. The largest absolute Gasteiger partial charge is 0.497 e. The van der Waals surface area contributed by atoms with Crippen LogP contribution < -0.4 is 14.8 Å². The van der Waals surface area contributed by atoms with Crippen molar-refractivity contribution in [2.45, 2.75) is 18.0 Å². The van der Waals surface area contributed by atoms with Crippen LogP contribution in [0.15, 0.2) is 83.8 Å². The number of nitrogens with zero attached hydrogens (tertiary/aromatic N) is 1. The summed E-state index contributed by atoms with van der Waals surface area (Å²) in [6.07, 6.45) is 0. The van der Waals surface area contributed by atoms with Gasteiger partial charge in [-0.25, -0.2) is 8.42 Å². The van der Waals surface area contributed by atoms with Crippen molar-refractivity contribution in [1.29, 1.82) is 0 Å². The van der Waals surface area contributed by atoms with E-state index in [1.165, 1.54) is 26.4 Å². The average Bonchev–Trinajstić information content (AvgIpc) is 2.83. The van der Waals surface area contributed by atoms with Gasteiger partial charge in [-0.05, 0) is 23.3 Å². The Kier molecular flexibility index (Phi) is 7.86. The first-order valence-corrected chi connectivity index (χ1v) is 11.4. The molecule has 0 aliphatic heterocycles. The van der Waals surface area contributed by atoms with Gasteiger partial charge in [0, 0.05) is 19.2 Å². The zero-order valence-electron chi connectivity index (χ0n) is 18.0. The number of rotatable bonds is 10. The molecule has 32 heavy (non-hydrogen) atoms. The van der Waals surface area contributed by atoms with Gasteiger partial charge in [0.15, 0.2) is 0 Å². The van der Waals surface area contributed by atoms with Crippen molar-refractivity contribution in [3.05, 3.63) is 90.0 Å². The van der Waals surface area contributed by atoms with Crippen molar-refractivity contribution in [2.75, 3.05) is 20.8 Å². The minimum Gasteiger partial charge on any atom is -0.497 e. The van der Waals surface area contributed by atoms with Crippen LogP contribution in [0.4, 0.5) is 0 Å². The number of hydrogen-bond acceptors (Lipinski definition) is 5. The Morgan fingerprint density at radius 3 is 2.09 bits per heavy atom. The molecule has 3 aromatic carbocycles. The molecule has 0 bridgehead atoms. The predicted octanol–water partition coefficient (Wildman–Crippen LogP) is 3.21. The highest BCUT2D eigenvalue weighted by atomic mass is 32.2. The van der Waals surface area contributed by atoms with Crippen molar-refractivity contribution >= 4 is 15.9 Å². The first-order valence-electron chi connectivity index (χ1n) is 10.0. The summed E-state index contributed by atoms with van der Waals surface area (Å²) in [4.78, 5) is 12.6. The number of benzene rings is 3. The Morgan fingerprint density at radius 1 is 0.875 bits per heavy atom. The molecule has 0 unspecified atom stereocenters. The molecule has 0 atom stereocenters. The number of sulfonamides is 1. The van der Waals surface area contributed by atoms with Gasteiger partial charge in [-0.15, -0.1) is 0 Å². The molecule has 0 saturated heterocycles. The number of amides is 1. The van der Waals surface area contributed by atoms with Crippen LogP contribution in [-0.4, -0.2) is 39.4 Å². The fraction of sp³-hybridized carbons (Fsp3) is 0.208. The van der Waals surface area contributed by atoms with Crippen molar-refractivity contribution in [1.82, 2.24) is 9.62 Å². The van der Waals surface area contributed by atoms with E-state index in [0.717, 1.165) is 15.4 Å². The second kappa shape index (κ2) is 10.8. The summed E-state index contributed by atoms with van der Waals surface area (Å²) in [5, 5.41) is 2.79. The topological polar surface area (TPSA) is 84.9 Å². The number of methoxy groups -OCH3 is 2. The van der Waals surface area contributed by atoms with E-state index in [2.05, 4.69) is 5.32 Å². The quantitative estimate of drug-likeness (QED) is 0.509. The number of carbonyl (C=O) groups excluding carboxylic acids is 1. The summed E-state index contributed by atoms with van der Waals surface area (Å²) in [6, 6.07) is 23.0. The molecule has 0 aromatic heterocycles. The van der Waals surface area contributed by atoms with E-state index in [9.17, 15) is 13.2 Å². The number of carbonyl (C=O) groups is 1. The molecule has 7 nitrogen and oxygen atoms in total. The van der Waals surface area contributed by atoms with Crippen molar-refractivity contribution in [2.24, 2.45) is 0 Å². The molecular weight excluding hydrogens is 428 g/mol. The summed E-state index contributed by atoms with van der Waals surface area (Å²) < 4.78 is 38.7. The SMILES string of the molecule is COc1ccc(S(=O)(=O)N(CC(=O)NCc2ccccc2)Cc2ccccc2)c(OC)c1. The minimum atomic E-state index is -4.05. The van der Waals surface area contributed by atoms with Crippen molar-refractivity contribution in [3.8, 4) is 11.5 Å². The maximum Gasteiger partial charge on any atom is 0.247 e. The maximum absolute atomic E-state index is 13.6. The van der Waals surface area contributed by atoms with Gasteiger partial charge in [0.2, 0.25) is 15.9 Å². The average molecular weight is 455 g/mol. The summed E-state index contributed by atoms with van der Waals surface area (Å²) in [6.45, 7) is 0.0150. The van der Waals surface area contributed by atoms with Gasteiger partial charge in [0.1, 0.15) is 16.4 Å². The minimum absolute atomic E-state index is 0.0346. The van der Waals surface area contributed by atoms with E-state index in [4.69, 9.17) is 9.47 Å². The van der Waals surface area contributed by atoms with Crippen LogP contribution in [0.3, 0.4) is 0 Å². The molecule has 3 rings (SSSR count). The van der Waals surface area contributed by atoms with E-state index in [1.54, 1.807) is 6.07 Å². The molecule has 1 amide bonds. The zero-order chi connectivity index (χ0) is 23.0. The highest BCUT2D eigenvalue weighted by Gasteiger charge is 2.30. The van der Waals surface area contributed by atoms with Gasteiger partial charge in [-0.1, -0.05) is 60.7 Å². The van der Waals surface area contributed by atoms with Crippen LogP contribution in [0, 0.1) is 0 Å². The number of hydrogen-bond donors (Lipinski definition) is 1. The molecule has 0 radical (unpaired) electrons. The zero-order valence-corrected chi connectivity index (χ0v) is 18.8. The Hall–Kier alpha value is -3.36. The van der Waals surface area contributed by atoms with Gasteiger partial charge in [-0.2, -0.15) is 4.31 Å². The number of ether oxygens (including phenoxy) is 2. The summed E-state index contributed by atoms with van der Waals surface area (Å²) in [5.74, 6) is 0.212. The molecule has 0 spiro atoms. The lowest BCUT2D eigenvalue weighted by molar-refractivity contribution is -0.121. The second-order valence-corrected chi connectivity index (χ2v) is 8.94. The van der Waals surface area contributed by atoms with Gasteiger partial charge < -0.3 is 14.8 Å². The van der Waals surface area contributed by atoms with Crippen LogP contribution in [-0.2, 0) is 27.9 Å². The lowest BCUT2D eigenvalue weighted by Crippen LogP contribution is -2.40. The van der Waals surface area contributed by atoms with Crippen LogP contribution in [0.2, 0.25) is 0 Å². The summed E-state index contributed by atoms with van der Waals surface area (Å²) in [5.41, 5.74) is 1.69. The Bertz CT molecular complexity index is 1140. The van der Waals surface area contributed by atoms with Crippen molar-refractivity contribution in [3.63, 3.8) is 0 Å². The normalized spacial score (nSPS) is 11.2. The predicted molar refractivity (Wildman–Crippen MR) is 122 cm³/mol. The Labute approximate surface area is 188 Å². The standard InChI is InChI=1S/C24H26N2O5S/c1-30-21-13-14-23(22(15-21)31-2)32(28,29)26(17-20-11-7-4-8-12-20)18-24(27)25-16-19-9-5-3-6-10-19/h3-15H,16-18H2,1-2H3,(H,25,27). The molecule has 0 heterocycles. The highest BCUT2D eigenvalue weighted by Crippen LogP contribution is 2.31. The molecule has 0 aliphatic rings. The molecule has 168 valence electrons. The van der Waals surface area contributed by atoms with Crippen LogP contribution in [0.25, 0.3) is 0 Å². The third-order valence-electron chi connectivity index (χ3n) is 4.84. The number of nitrogens with one attached hydrogen (secondary N) is 1. The van der Waals surface area contributed by atoms with Crippen molar-refractivity contribution < 1.29 is 22.7 Å². The van der Waals surface area contributed by atoms with E-state index < -0.39 is 15.9 Å².